The monoisotopic (exact) mass is 469 g/mol. The molecule has 178 valence electrons. The molecule has 0 saturated heterocycles. The molecule has 1 heterocycles. The van der Waals surface area contributed by atoms with Gasteiger partial charge in [-0.1, -0.05) is 72.8 Å². The molecule has 0 aliphatic heterocycles. The first-order chi connectivity index (χ1) is 17.1. The molecule has 0 spiro atoms. The molecule has 0 radical (unpaired) electrons. The van der Waals surface area contributed by atoms with Gasteiger partial charge in [0, 0.05) is 11.1 Å². The quantitative estimate of drug-likeness (QED) is 0.351. The van der Waals surface area contributed by atoms with Crippen molar-refractivity contribution in [3.8, 4) is 34.0 Å². The normalized spacial score (nSPS) is 11.6. The maximum atomic E-state index is 12.8. The second-order valence-electron chi connectivity index (χ2n) is 7.95. The number of aromatic nitrogens is 3. The summed E-state index contributed by atoms with van der Waals surface area (Å²) >= 11 is 0. The highest BCUT2D eigenvalue weighted by atomic mass is 16.5. The smallest absolute Gasteiger partial charge is 0.364 e. The average molecular weight is 470 g/mol. The minimum atomic E-state index is -0.995. The lowest BCUT2D eigenvalue weighted by Crippen LogP contribution is -2.34. The Morgan fingerprint density at radius 3 is 2.26 bits per heavy atom. The molecule has 7 heteroatoms. The number of benzene rings is 3. The van der Waals surface area contributed by atoms with E-state index in [4.69, 9.17) is 9.47 Å². The van der Waals surface area contributed by atoms with Crippen LogP contribution in [0.1, 0.15) is 5.56 Å². The van der Waals surface area contributed by atoms with Gasteiger partial charge in [-0.25, -0.2) is 9.48 Å². The number of aliphatic hydroxyl groups is 1. The average Bonchev–Trinajstić information content (AvgIpc) is 2.90. The molecule has 4 rings (SSSR count). The molecule has 7 nitrogen and oxygen atoms in total. The van der Waals surface area contributed by atoms with Crippen molar-refractivity contribution in [2.45, 2.75) is 19.1 Å². The molecule has 0 bridgehead atoms. The lowest BCUT2D eigenvalue weighted by molar-refractivity contribution is 0.0862. The fourth-order valence-corrected chi connectivity index (χ4v) is 3.69. The molecule has 35 heavy (non-hydrogen) atoms. The minimum absolute atomic E-state index is 0.0492. The van der Waals surface area contributed by atoms with E-state index < -0.39 is 11.8 Å². The molecular formula is C28H27N3O4. The van der Waals surface area contributed by atoms with Gasteiger partial charge in [0.2, 0.25) is 0 Å². The van der Waals surface area contributed by atoms with Crippen molar-refractivity contribution in [1.29, 1.82) is 0 Å². The Labute approximate surface area is 203 Å². The molecule has 0 fully saturated rings. The summed E-state index contributed by atoms with van der Waals surface area (Å²) in [7, 11) is 1.56. The maximum absolute atomic E-state index is 12.8. The van der Waals surface area contributed by atoms with Gasteiger partial charge in [-0.15, -0.1) is 6.58 Å². The van der Waals surface area contributed by atoms with Crippen molar-refractivity contribution in [2.24, 2.45) is 0 Å². The number of rotatable bonds is 10. The lowest BCUT2D eigenvalue weighted by Gasteiger charge is -2.16. The highest BCUT2D eigenvalue weighted by Crippen LogP contribution is 2.29. The molecule has 1 aromatic heterocycles. The third kappa shape index (κ3) is 5.83. The lowest BCUT2D eigenvalue weighted by atomic mass is 10.0. The summed E-state index contributed by atoms with van der Waals surface area (Å²) < 4.78 is 12.4. The zero-order chi connectivity index (χ0) is 24.6. The zero-order valence-electron chi connectivity index (χ0n) is 19.5. The molecule has 1 atom stereocenters. The molecule has 4 aromatic rings. The van der Waals surface area contributed by atoms with Crippen molar-refractivity contribution in [1.82, 2.24) is 14.8 Å². The van der Waals surface area contributed by atoms with E-state index in [2.05, 4.69) is 16.7 Å². The number of allylic oxidation sites excluding steroid dienone is 1. The molecule has 0 aliphatic rings. The van der Waals surface area contributed by atoms with E-state index in [0.29, 0.717) is 29.3 Å². The van der Waals surface area contributed by atoms with Gasteiger partial charge in [0.1, 0.15) is 24.1 Å². The van der Waals surface area contributed by atoms with Crippen LogP contribution in [0.4, 0.5) is 0 Å². The van der Waals surface area contributed by atoms with Crippen molar-refractivity contribution in [2.75, 3.05) is 13.7 Å². The van der Waals surface area contributed by atoms with Gasteiger partial charge in [-0.05, 0) is 24.1 Å². The van der Waals surface area contributed by atoms with Crippen LogP contribution in [-0.4, -0.2) is 39.7 Å². The summed E-state index contributed by atoms with van der Waals surface area (Å²) in [4.78, 5) is 17.1. The van der Waals surface area contributed by atoms with Crippen LogP contribution in [0.2, 0.25) is 0 Å². The predicted octanol–water partition coefficient (Wildman–Crippen LogP) is 4.15. The Morgan fingerprint density at radius 1 is 0.971 bits per heavy atom. The van der Waals surface area contributed by atoms with Crippen LogP contribution >= 0.6 is 0 Å². The largest absolute Gasteiger partial charge is 0.493 e. The van der Waals surface area contributed by atoms with Crippen LogP contribution in [0.3, 0.4) is 0 Å². The van der Waals surface area contributed by atoms with Gasteiger partial charge in [-0.2, -0.15) is 10.1 Å². The highest BCUT2D eigenvalue weighted by molar-refractivity contribution is 5.77. The van der Waals surface area contributed by atoms with E-state index >= 15 is 0 Å². The van der Waals surface area contributed by atoms with E-state index in [9.17, 15) is 9.90 Å². The maximum Gasteiger partial charge on any atom is 0.364 e. The first-order valence-electron chi connectivity index (χ1n) is 11.3. The number of nitrogens with zero attached hydrogens (tertiary/aromatic N) is 3. The summed E-state index contributed by atoms with van der Waals surface area (Å²) in [5, 5.41) is 15.2. The summed E-state index contributed by atoms with van der Waals surface area (Å²) in [6.45, 7) is 3.62. The van der Waals surface area contributed by atoms with E-state index in [1.807, 2.05) is 78.9 Å². The zero-order valence-corrected chi connectivity index (χ0v) is 19.5. The fourth-order valence-electron chi connectivity index (χ4n) is 3.69. The molecular weight excluding hydrogens is 442 g/mol. The third-order valence-electron chi connectivity index (χ3n) is 5.39. The first kappa shape index (κ1) is 23.9. The van der Waals surface area contributed by atoms with Gasteiger partial charge in [-0.3, -0.25) is 0 Å². The number of hydrogen-bond donors (Lipinski definition) is 1. The topological polar surface area (TPSA) is 86.5 Å². The van der Waals surface area contributed by atoms with Crippen LogP contribution in [0, 0.1) is 0 Å². The Kier molecular flexibility index (Phi) is 7.70. The van der Waals surface area contributed by atoms with E-state index in [0.717, 1.165) is 16.7 Å². The van der Waals surface area contributed by atoms with Crippen molar-refractivity contribution in [3.63, 3.8) is 0 Å². The van der Waals surface area contributed by atoms with Gasteiger partial charge >= 0.3 is 5.69 Å². The Hall–Kier alpha value is -4.23. The van der Waals surface area contributed by atoms with Gasteiger partial charge in [0.15, 0.2) is 11.5 Å². The first-order valence-corrected chi connectivity index (χ1v) is 11.3. The number of hydrogen-bond acceptors (Lipinski definition) is 6. The SMILES string of the molecule is C=CCc1ccc(OC[C@@H](O)Cn2nc(-c3ccccc3)c(-c3ccccc3)nc2=O)c(OC)c1. The summed E-state index contributed by atoms with van der Waals surface area (Å²) in [5.41, 5.74) is 3.16. The van der Waals surface area contributed by atoms with E-state index in [1.165, 1.54) is 4.68 Å². The Morgan fingerprint density at radius 2 is 1.63 bits per heavy atom. The van der Waals surface area contributed by atoms with Crippen LogP contribution in [-0.2, 0) is 13.0 Å². The van der Waals surface area contributed by atoms with Crippen LogP contribution in [0.25, 0.3) is 22.5 Å². The number of methoxy groups -OCH3 is 1. The van der Waals surface area contributed by atoms with Crippen molar-refractivity contribution in [3.05, 3.63) is 108 Å². The summed E-state index contributed by atoms with van der Waals surface area (Å²) in [5.74, 6) is 1.06. The molecule has 0 aliphatic carbocycles. The van der Waals surface area contributed by atoms with Crippen molar-refractivity contribution < 1.29 is 14.6 Å². The summed E-state index contributed by atoms with van der Waals surface area (Å²) in [6.07, 6.45) is 1.53. The Balaban J connectivity index is 1.56. The minimum Gasteiger partial charge on any atom is -0.493 e. The molecule has 0 unspecified atom stereocenters. The third-order valence-corrected chi connectivity index (χ3v) is 5.39. The molecule has 0 amide bonds. The van der Waals surface area contributed by atoms with Crippen molar-refractivity contribution >= 4 is 0 Å². The van der Waals surface area contributed by atoms with Crippen LogP contribution in [0.15, 0.2) is 96.3 Å². The second kappa shape index (κ2) is 11.3. The molecule has 1 N–H and O–H groups in total. The molecule has 0 saturated carbocycles. The highest BCUT2D eigenvalue weighted by Gasteiger charge is 2.17. The van der Waals surface area contributed by atoms with E-state index in [-0.39, 0.29) is 13.2 Å². The second-order valence-corrected chi connectivity index (χ2v) is 7.95. The van der Waals surface area contributed by atoms with Crippen LogP contribution in [0.5, 0.6) is 11.5 Å². The summed E-state index contributed by atoms with van der Waals surface area (Å²) in [6, 6.07) is 24.5. The Bertz CT molecular complexity index is 1340. The number of ether oxygens (including phenoxy) is 2. The van der Waals surface area contributed by atoms with Crippen LogP contribution < -0.4 is 15.2 Å². The van der Waals surface area contributed by atoms with Gasteiger partial charge in [0.25, 0.3) is 0 Å². The number of aliphatic hydroxyl groups excluding tert-OH is 1. The fraction of sp³-hybridized carbons (Fsp3) is 0.179. The van der Waals surface area contributed by atoms with Gasteiger partial charge in [0.05, 0.1) is 13.7 Å². The standard InChI is InChI=1S/C28H27N3O4/c1-3-10-20-15-16-24(25(17-20)34-2)35-19-23(32)18-31-28(33)29-26(21-11-6-4-7-12-21)27(30-31)22-13-8-5-9-14-22/h3-9,11-17,23,32H,1,10,18-19H2,2H3/t23-/m0/s1. The predicted molar refractivity (Wildman–Crippen MR) is 136 cm³/mol. The molecule has 3 aromatic carbocycles. The van der Waals surface area contributed by atoms with E-state index in [1.54, 1.807) is 13.2 Å². The van der Waals surface area contributed by atoms with Gasteiger partial charge < -0.3 is 14.6 Å².